The van der Waals surface area contributed by atoms with Gasteiger partial charge in [0.05, 0.1) is 23.3 Å². The molecule has 10 heteroatoms. The molecule has 1 saturated heterocycles. The Kier molecular flexibility index (Phi) is 6.38. The Bertz CT molecular complexity index is 1070. The highest BCUT2D eigenvalue weighted by Crippen LogP contribution is 2.32. The fourth-order valence-electron chi connectivity index (χ4n) is 2.64. The standard InChI is InChI=1S/C20H16N2O6S2/c1-28-13-5-2-11(3-6-13)8-16-18(25)22(20(29)30-16)10-17(24)21-15-7-4-12(23)9-14(15)19(26)27/h2-9,23H,10H2,1H3,(H,21,24)(H,26,27)/b16-8-. The number of hydrogen-bond donors (Lipinski definition) is 3. The van der Waals surface area contributed by atoms with Gasteiger partial charge in [-0.3, -0.25) is 14.5 Å². The van der Waals surface area contributed by atoms with Crippen LogP contribution in [0.1, 0.15) is 15.9 Å². The van der Waals surface area contributed by atoms with Gasteiger partial charge in [-0.1, -0.05) is 36.1 Å². The van der Waals surface area contributed by atoms with Gasteiger partial charge in [0.2, 0.25) is 5.91 Å². The summed E-state index contributed by atoms with van der Waals surface area (Å²) in [5.74, 6) is -1.91. The van der Waals surface area contributed by atoms with E-state index in [0.29, 0.717) is 10.7 Å². The summed E-state index contributed by atoms with van der Waals surface area (Å²) in [6.45, 7) is -0.370. The molecule has 0 aromatic heterocycles. The quantitative estimate of drug-likeness (QED) is 0.354. The van der Waals surface area contributed by atoms with Gasteiger partial charge in [-0.05, 0) is 42.0 Å². The van der Waals surface area contributed by atoms with E-state index in [9.17, 15) is 24.6 Å². The molecule has 30 heavy (non-hydrogen) atoms. The number of phenols is 1. The number of nitrogens with one attached hydrogen (secondary N) is 1. The number of hydrogen-bond acceptors (Lipinski definition) is 7. The summed E-state index contributed by atoms with van der Waals surface area (Å²) in [6.07, 6.45) is 1.67. The van der Waals surface area contributed by atoms with Crippen molar-refractivity contribution in [2.75, 3.05) is 19.0 Å². The van der Waals surface area contributed by atoms with E-state index in [-0.39, 0.29) is 27.9 Å². The topological polar surface area (TPSA) is 116 Å². The fraction of sp³-hybridized carbons (Fsp3) is 0.100. The van der Waals surface area contributed by atoms with Gasteiger partial charge in [-0.2, -0.15) is 0 Å². The van der Waals surface area contributed by atoms with Gasteiger partial charge in [0.1, 0.15) is 22.4 Å². The second-order valence-electron chi connectivity index (χ2n) is 6.12. The number of phenolic OH excluding ortho intramolecular Hbond substituents is 1. The summed E-state index contributed by atoms with van der Waals surface area (Å²) in [6, 6.07) is 10.6. The highest BCUT2D eigenvalue weighted by Gasteiger charge is 2.33. The third-order valence-corrected chi connectivity index (χ3v) is 5.47. The SMILES string of the molecule is COc1ccc(/C=C2\SC(=S)N(CC(=O)Nc3ccc(O)cc3C(=O)O)C2=O)cc1. The maximum absolute atomic E-state index is 12.7. The molecule has 8 nitrogen and oxygen atoms in total. The van der Waals surface area contributed by atoms with Crippen LogP contribution in [0.2, 0.25) is 0 Å². The number of carbonyl (C=O) groups is 3. The van der Waals surface area contributed by atoms with Crippen LogP contribution in [-0.4, -0.2) is 50.9 Å². The minimum atomic E-state index is -1.31. The lowest BCUT2D eigenvalue weighted by molar-refractivity contribution is -0.126. The molecule has 0 bridgehead atoms. The van der Waals surface area contributed by atoms with E-state index in [1.54, 1.807) is 37.5 Å². The molecule has 0 spiro atoms. The summed E-state index contributed by atoms with van der Waals surface area (Å²) in [7, 11) is 1.56. The number of aromatic carboxylic acids is 1. The first-order valence-electron chi connectivity index (χ1n) is 8.54. The molecule has 154 valence electrons. The van der Waals surface area contributed by atoms with Crippen LogP contribution in [-0.2, 0) is 9.59 Å². The number of amides is 2. The normalized spacial score (nSPS) is 14.8. The molecule has 0 atom stereocenters. The van der Waals surface area contributed by atoms with Crippen molar-refractivity contribution in [2.24, 2.45) is 0 Å². The first-order valence-corrected chi connectivity index (χ1v) is 9.76. The molecule has 2 aromatic carbocycles. The second kappa shape index (κ2) is 8.97. The largest absolute Gasteiger partial charge is 0.508 e. The zero-order valence-electron chi connectivity index (χ0n) is 15.6. The number of carboxylic acid groups (broad SMARTS) is 1. The van der Waals surface area contributed by atoms with Gasteiger partial charge in [-0.15, -0.1) is 0 Å². The highest BCUT2D eigenvalue weighted by molar-refractivity contribution is 8.26. The summed E-state index contributed by atoms with van der Waals surface area (Å²) >= 11 is 6.29. The van der Waals surface area contributed by atoms with Crippen molar-refractivity contribution in [3.8, 4) is 11.5 Å². The molecule has 0 aliphatic carbocycles. The maximum Gasteiger partial charge on any atom is 0.337 e. The molecule has 1 fully saturated rings. The zero-order valence-corrected chi connectivity index (χ0v) is 17.3. The van der Waals surface area contributed by atoms with Crippen LogP contribution in [0.3, 0.4) is 0 Å². The number of carboxylic acids is 1. The number of thioether (sulfide) groups is 1. The number of rotatable bonds is 6. The van der Waals surface area contributed by atoms with Gasteiger partial charge in [0.25, 0.3) is 5.91 Å². The lowest BCUT2D eigenvalue weighted by atomic mass is 10.1. The molecule has 1 aliphatic rings. The number of thiocarbonyl (C=S) groups is 1. The monoisotopic (exact) mass is 444 g/mol. The van der Waals surface area contributed by atoms with Crippen molar-refractivity contribution in [2.45, 2.75) is 0 Å². The Morgan fingerprint density at radius 2 is 1.93 bits per heavy atom. The second-order valence-corrected chi connectivity index (χ2v) is 7.80. The summed E-state index contributed by atoms with van der Waals surface area (Å²) in [5.41, 5.74) is 0.508. The number of carbonyl (C=O) groups excluding carboxylic acids is 2. The van der Waals surface area contributed by atoms with Crippen LogP contribution in [0.4, 0.5) is 5.69 Å². The van der Waals surface area contributed by atoms with Gasteiger partial charge < -0.3 is 20.3 Å². The summed E-state index contributed by atoms with van der Waals surface area (Å²) in [4.78, 5) is 37.9. The molecular formula is C20H16N2O6S2. The van der Waals surface area contributed by atoms with E-state index in [1.165, 1.54) is 12.1 Å². The van der Waals surface area contributed by atoms with E-state index >= 15 is 0 Å². The Morgan fingerprint density at radius 3 is 2.57 bits per heavy atom. The van der Waals surface area contributed by atoms with Gasteiger partial charge >= 0.3 is 5.97 Å². The van der Waals surface area contributed by atoms with Gasteiger partial charge in [-0.25, -0.2) is 4.79 Å². The number of aromatic hydroxyl groups is 1. The van der Waals surface area contributed by atoms with Crippen LogP contribution in [0.15, 0.2) is 47.4 Å². The van der Waals surface area contributed by atoms with E-state index in [4.69, 9.17) is 17.0 Å². The molecular weight excluding hydrogens is 428 g/mol. The lowest BCUT2D eigenvalue weighted by Crippen LogP contribution is -2.36. The lowest BCUT2D eigenvalue weighted by Gasteiger charge is -2.15. The highest BCUT2D eigenvalue weighted by atomic mass is 32.2. The Labute approximate surface area is 181 Å². The van der Waals surface area contributed by atoms with Crippen molar-refractivity contribution < 1.29 is 29.3 Å². The molecule has 2 amide bonds. The molecule has 0 saturated carbocycles. The fourth-order valence-corrected chi connectivity index (χ4v) is 3.89. The number of ether oxygens (including phenoxy) is 1. The molecule has 3 N–H and O–H groups in total. The molecule has 0 radical (unpaired) electrons. The number of methoxy groups -OCH3 is 1. The van der Waals surface area contributed by atoms with E-state index < -0.39 is 17.8 Å². The Balaban J connectivity index is 1.72. The minimum Gasteiger partial charge on any atom is -0.508 e. The van der Waals surface area contributed by atoms with E-state index in [1.807, 2.05) is 0 Å². The van der Waals surface area contributed by atoms with Crippen LogP contribution in [0.5, 0.6) is 11.5 Å². The molecule has 1 heterocycles. The van der Waals surface area contributed by atoms with Gasteiger partial charge in [0.15, 0.2) is 0 Å². The number of anilines is 1. The predicted molar refractivity (Wildman–Crippen MR) is 117 cm³/mol. The third-order valence-electron chi connectivity index (χ3n) is 4.10. The predicted octanol–water partition coefficient (Wildman–Crippen LogP) is 2.94. The molecule has 3 rings (SSSR count). The van der Waals surface area contributed by atoms with Crippen LogP contribution in [0.25, 0.3) is 6.08 Å². The van der Waals surface area contributed by atoms with Crippen molar-refractivity contribution >= 4 is 57.8 Å². The summed E-state index contributed by atoms with van der Waals surface area (Å²) in [5, 5.41) is 21.1. The molecule has 2 aromatic rings. The third kappa shape index (κ3) is 4.78. The minimum absolute atomic E-state index is 0.00418. The number of benzene rings is 2. The first-order chi connectivity index (χ1) is 14.3. The molecule has 0 unspecified atom stereocenters. The zero-order chi connectivity index (χ0) is 21.8. The van der Waals surface area contributed by atoms with Crippen molar-refractivity contribution in [1.29, 1.82) is 0 Å². The summed E-state index contributed by atoms with van der Waals surface area (Å²) < 4.78 is 5.32. The first kappa shape index (κ1) is 21.3. The van der Waals surface area contributed by atoms with Crippen LogP contribution < -0.4 is 10.1 Å². The average molecular weight is 444 g/mol. The van der Waals surface area contributed by atoms with Crippen molar-refractivity contribution in [3.63, 3.8) is 0 Å². The van der Waals surface area contributed by atoms with Crippen LogP contribution >= 0.6 is 24.0 Å². The Hall–Kier alpha value is -3.37. The Morgan fingerprint density at radius 1 is 1.23 bits per heavy atom. The van der Waals surface area contributed by atoms with Crippen molar-refractivity contribution in [3.05, 3.63) is 58.5 Å². The van der Waals surface area contributed by atoms with Gasteiger partial charge in [0, 0.05) is 0 Å². The average Bonchev–Trinajstić information content (AvgIpc) is 2.97. The van der Waals surface area contributed by atoms with E-state index in [0.717, 1.165) is 28.3 Å². The van der Waals surface area contributed by atoms with Crippen molar-refractivity contribution in [1.82, 2.24) is 4.90 Å². The number of nitrogens with zero attached hydrogens (tertiary/aromatic N) is 1. The van der Waals surface area contributed by atoms with Crippen LogP contribution in [0, 0.1) is 0 Å². The smallest absolute Gasteiger partial charge is 0.337 e. The van der Waals surface area contributed by atoms with E-state index in [2.05, 4.69) is 5.32 Å². The molecule has 1 aliphatic heterocycles. The maximum atomic E-state index is 12.7.